The first-order valence-corrected chi connectivity index (χ1v) is 6.21. The van der Waals surface area contributed by atoms with Gasteiger partial charge in [0.2, 0.25) is 5.78 Å². The van der Waals surface area contributed by atoms with Crippen LogP contribution in [-0.2, 0) is 0 Å². The summed E-state index contributed by atoms with van der Waals surface area (Å²) in [6.45, 7) is 1.95. The fourth-order valence-corrected chi connectivity index (χ4v) is 2.00. The summed E-state index contributed by atoms with van der Waals surface area (Å²) in [4.78, 5) is 20.6. The van der Waals surface area contributed by atoms with E-state index >= 15 is 0 Å². The molecule has 98 valence electrons. The number of carbonyl (C=O) groups excluding carboxylic acids is 1. The molecule has 0 aliphatic heterocycles. The van der Waals surface area contributed by atoms with Gasteiger partial charge in [0, 0.05) is 17.1 Å². The van der Waals surface area contributed by atoms with E-state index in [0.29, 0.717) is 16.6 Å². The predicted molar refractivity (Wildman–Crippen MR) is 75.8 cm³/mol. The van der Waals surface area contributed by atoms with Crippen LogP contribution < -0.4 is 0 Å². The number of hydrogen-bond acceptors (Lipinski definition) is 4. The van der Waals surface area contributed by atoms with E-state index in [1.807, 2.05) is 19.1 Å². The Morgan fingerprint density at radius 3 is 2.65 bits per heavy atom. The Bertz CT molecular complexity index is 795. The van der Waals surface area contributed by atoms with Crippen molar-refractivity contribution in [3.8, 4) is 5.75 Å². The normalized spacial score (nSPS) is 10.7. The first kappa shape index (κ1) is 12.3. The van der Waals surface area contributed by atoms with Crippen molar-refractivity contribution in [1.29, 1.82) is 0 Å². The highest BCUT2D eigenvalue weighted by Gasteiger charge is 2.16. The molecule has 1 N–H and O–H groups in total. The third kappa shape index (κ3) is 2.12. The average molecular weight is 264 g/mol. The highest BCUT2D eigenvalue weighted by Crippen LogP contribution is 2.23. The molecule has 0 radical (unpaired) electrons. The number of carbonyl (C=O) groups is 1. The van der Waals surface area contributed by atoms with Gasteiger partial charge in [0.1, 0.15) is 5.75 Å². The molecule has 4 nitrogen and oxygen atoms in total. The highest BCUT2D eigenvalue weighted by atomic mass is 16.3. The molecular formula is C16H12N2O2. The lowest BCUT2D eigenvalue weighted by atomic mass is 10.0. The number of aromatic nitrogens is 2. The van der Waals surface area contributed by atoms with E-state index in [0.717, 1.165) is 5.56 Å². The Kier molecular flexibility index (Phi) is 2.91. The second kappa shape index (κ2) is 4.74. The Morgan fingerprint density at radius 2 is 1.90 bits per heavy atom. The Labute approximate surface area is 115 Å². The van der Waals surface area contributed by atoms with Crippen molar-refractivity contribution in [2.45, 2.75) is 6.92 Å². The summed E-state index contributed by atoms with van der Waals surface area (Å²) < 4.78 is 0. The van der Waals surface area contributed by atoms with Crippen molar-refractivity contribution >= 4 is 16.8 Å². The molecule has 3 aromatic rings. The van der Waals surface area contributed by atoms with Crippen LogP contribution in [0, 0.1) is 6.92 Å². The minimum atomic E-state index is -0.310. The van der Waals surface area contributed by atoms with E-state index in [-0.39, 0.29) is 17.2 Å². The number of benzene rings is 1. The molecule has 0 atom stereocenters. The number of aromatic hydroxyl groups is 1. The van der Waals surface area contributed by atoms with Gasteiger partial charge in [-0.15, -0.1) is 0 Å². The summed E-state index contributed by atoms with van der Waals surface area (Å²) in [5.74, 6) is -0.439. The molecule has 3 rings (SSSR count). The topological polar surface area (TPSA) is 63.1 Å². The number of ketones is 1. The van der Waals surface area contributed by atoms with Gasteiger partial charge in [-0.25, -0.2) is 9.97 Å². The van der Waals surface area contributed by atoms with E-state index in [1.54, 1.807) is 30.5 Å². The quantitative estimate of drug-likeness (QED) is 0.723. The van der Waals surface area contributed by atoms with Crippen LogP contribution in [0.4, 0.5) is 0 Å². The number of pyridine rings is 2. The van der Waals surface area contributed by atoms with Crippen LogP contribution in [0.15, 0.2) is 48.7 Å². The van der Waals surface area contributed by atoms with Crippen LogP contribution in [0.3, 0.4) is 0 Å². The summed E-state index contributed by atoms with van der Waals surface area (Å²) in [7, 11) is 0. The molecular weight excluding hydrogens is 252 g/mol. The van der Waals surface area contributed by atoms with Gasteiger partial charge >= 0.3 is 0 Å². The van der Waals surface area contributed by atoms with Crippen molar-refractivity contribution in [2.75, 3.05) is 0 Å². The van der Waals surface area contributed by atoms with Crippen molar-refractivity contribution in [3.63, 3.8) is 0 Å². The maximum Gasteiger partial charge on any atom is 0.215 e. The zero-order valence-corrected chi connectivity index (χ0v) is 10.9. The maximum atomic E-state index is 12.4. The number of hydrogen-bond donors (Lipinski definition) is 1. The molecule has 1 aromatic carbocycles. The van der Waals surface area contributed by atoms with Crippen LogP contribution in [-0.4, -0.2) is 20.9 Å². The van der Waals surface area contributed by atoms with Crippen LogP contribution in [0.1, 0.15) is 21.6 Å². The van der Waals surface area contributed by atoms with Gasteiger partial charge in [0.05, 0.1) is 0 Å². The summed E-state index contributed by atoms with van der Waals surface area (Å²) in [5.41, 5.74) is 2.04. The number of rotatable bonds is 2. The van der Waals surface area contributed by atoms with E-state index in [2.05, 4.69) is 9.97 Å². The van der Waals surface area contributed by atoms with Crippen LogP contribution in [0.5, 0.6) is 5.75 Å². The zero-order chi connectivity index (χ0) is 14.1. The molecule has 2 aromatic heterocycles. The fraction of sp³-hybridized carbons (Fsp3) is 0.0625. The first-order chi connectivity index (χ1) is 9.65. The fourth-order valence-electron chi connectivity index (χ4n) is 2.00. The van der Waals surface area contributed by atoms with Crippen LogP contribution in [0.2, 0.25) is 0 Å². The Morgan fingerprint density at radius 1 is 1.15 bits per heavy atom. The lowest BCUT2D eigenvalue weighted by Crippen LogP contribution is -2.05. The standard InChI is InChI=1S/C16H12N2O2/c1-10-4-6-11(7-5-10)15(20)14-13(19)9-12-3-2-8-17-16(12)18-14/h2-9,19H,1H3. The van der Waals surface area contributed by atoms with Crippen molar-refractivity contribution in [2.24, 2.45) is 0 Å². The van der Waals surface area contributed by atoms with Crippen molar-refractivity contribution < 1.29 is 9.90 Å². The van der Waals surface area contributed by atoms with E-state index in [9.17, 15) is 9.90 Å². The van der Waals surface area contributed by atoms with E-state index in [1.165, 1.54) is 6.07 Å². The van der Waals surface area contributed by atoms with Crippen LogP contribution >= 0.6 is 0 Å². The van der Waals surface area contributed by atoms with Gasteiger partial charge in [-0.05, 0) is 25.1 Å². The highest BCUT2D eigenvalue weighted by molar-refractivity contribution is 6.10. The van der Waals surface area contributed by atoms with Crippen molar-refractivity contribution in [1.82, 2.24) is 9.97 Å². The molecule has 0 amide bonds. The molecule has 0 aliphatic rings. The third-order valence-corrected chi connectivity index (χ3v) is 3.10. The molecule has 2 heterocycles. The summed E-state index contributed by atoms with van der Waals surface area (Å²) in [5, 5.41) is 10.7. The summed E-state index contributed by atoms with van der Waals surface area (Å²) in [6.07, 6.45) is 1.60. The number of fused-ring (bicyclic) bond motifs is 1. The SMILES string of the molecule is Cc1ccc(C(=O)c2nc3ncccc3cc2O)cc1. The largest absolute Gasteiger partial charge is 0.506 e. The van der Waals surface area contributed by atoms with Gasteiger partial charge < -0.3 is 5.11 Å². The maximum absolute atomic E-state index is 12.4. The average Bonchev–Trinajstić information content (AvgIpc) is 2.46. The predicted octanol–water partition coefficient (Wildman–Crippen LogP) is 2.87. The molecule has 0 fully saturated rings. The molecule has 0 saturated heterocycles. The van der Waals surface area contributed by atoms with E-state index in [4.69, 9.17) is 0 Å². The molecule has 0 aliphatic carbocycles. The van der Waals surface area contributed by atoms with E-state index < -0.39 is 0 Å². The van der Waals surface area contributed by atoms with Gasteiger partial charge in [-0.2, -0.15) is 0 Å². The summed E-state index contributed by atoms with van der Waals surface area (Å²) >= 11 is 0. The third-order valence-electron chi connectivity index (χ3n) is 3.10. The van der Waals surface area contributed by atoms with Gasteiger partial charge in [-0.1, -0.05) is 29.8 Å². The lowest BCUT2D eigenvalue weighted by molar-refractivity contribution is 0.103. The minimum Gasteiger partial charge on any atom is -0.506 e. The summed E-state index contributed by atoms with van der Waals surface area (Å²) in [6, 6.07) is 12.2. The number of nitrogens with zero attached hydrogens (tertiary/aromatic N) is 2. The number of aryl methyl sites for hydroxylation is 1. The second-order valence-corrected chi connectivity index (χ2v) is 4.60. The second-order valence-electron chi connectivity index (χ2n) is 4.60. The molecule has 0 saturated carbocycles. The Balaban J connectivity index is 2.11. The molecule has 0 bridgehead atoms. The van der Waals surface area contributed by atoms with Gasteiger partial charge in [0.25, 0.3) is 0 Å². The molecule has 20 heavy (non-hydrogen) atoms. The molecule has 0 spiro atoms. The lowest BCUT2D eigenvalue weighted by Gasteiger charge is -2.05. The molecule has 0 unspecified atom stereocenters. The zero-order valence-electron chi connectivity index (χ0n) is 10.9. The van der Waals surface area contributed by atoms with Gasteiger partial charge in [-0.3, -0.25) is 4.79 Å². The molecule has 4 heteroatoms. The smallest absolute Gasteiger partial charge is 0.215 e. The van der Waals surface area contributed by atoms with Crippen LogP contribution in [0.25, 0.3) is 11.0 Å². The first-order valence-electron chi connectivity index (χ1n) is 6.21. The monoisotopic (exact) mass is 264 g/mol. The Hall–Kier alpha value is -2.75. The van der Waals surface area contributed by atoms with Crippen molar-refractivity contribution in [3.05, 3.63) is 65.5 Å². The minimum absolute atomic E-state index is 0.0278. The van der Waals surface area contributed by atoms with Gasteiger partial charge in [0.15, 0.2) is 11.3 Å².